The zero-order valence-electron chi connectivity index (χ0n) is 13.8. The summed E-state index contributed by atoms with van der Waals surface area (Å²) in [6, 6.07) is 4.75. The molecule has 144 valence electrons. The zero-order chi connectivity index (χ0) is 20.0. The molecule has 1 aromatic heterocycles. The second-order valence-corrected chi connectivity index (χ2v) is 7.50. The van der Waals surface area contributed by atoms with E-state index in [9.17, 15) is 24.4 Å². The Balaban J connectivity index is 2.06. The number of anilines is 1. The molecule has 0 radical (unpaired) electrons. The van der Waals surface area contributed by atoms with Gasteiger partial charge >= 0.3 is 7.60 Å². The molecule has 2 aromatic rings. The number of nitrogens with two attached hydrogens (primary N) is 1. The molecule has 0 aliphatic rings. The number of thiazole rings is 1. The molecule has 0 aliphatic heterocycles. The number of carbonyl (C=O) groups is 1. The molecule has 27 heavy (non-hydrogen) atoms. The number of rotatable bonds is 8. The van der Waals surface area contributed by atoms with E-state index in [2.05, 4.69) is 20.3 Å². The van der Waals surface area contributed by atoms with Crippen molar-refractivity contribution in [3.05, 3.63) is 45.5 Å². The average molecular weight is 415 g/mol. The maximum absolute atomic E-state index is 12.2. The predicted molar refractivity (Wildman–Crippen MR) is 96.6 cm³/mol. The topological polar surface area (TPSA) is 179 Å². The van der Waals surface area contributed by atoms with Crippen molar-refractivity contribution in [2.45, 2.75) is 0 Å². The summed E-state index contributed by atoms with van der Waals surface area (Å²) in [6.45, 7) is 0. The molecular weight excluding hydrogens is 401 g/mol. The summed E-state index contributed by atoms with van der Waals surface area (Å²) < 4.78 is 17.0. The van der Waals surface area contributed by atoms with Gasteiger partial charge in [-0.1, -0.05) is 11.2 Å². The number of nitrogen functional groups attached to an aromatic ring is 1. The number of non-ortho nitro benzene ring substituents is 1. The maximum atomic E-state index is 12.2. The first-order valence-electron chi connectivity index (χ1n) is 7.08. The van der Waals surface area contributed by atoms with E-state index in [0.29, 0.717) is 0 Å². The molecule has 12 nitrogen and oxygen atoms in total. The van der Waals surface area contributed by atoms with Crippen molar-refractivity contribution in [1.29, 1.82) is 0 Å². The Hall–Kier alpha value is -3.02. The summed E-state index contributed by atoms with van der Waals surface area (Å²) in [5.41, 5.74) is 5.07. The zero-order valence-corrected chi connectivity index (χ0v) is 15.5. The van der Waals surface area contributed by atoms with E-state index in [4.69, 9.17) is 10.3 Å². The molecule has 0 bridgehead atoms. The highest BCUT2D eigenvalue weighted by molar-refractivity contribution is 7.53. The van der Waals surface area contributed by atoms with Crippen molar-refractivity contribution < 1.29 is 28.5 Å². The SMILES string of the molecule is CO/N=C(\C(=O)NCP(=O)(O)Oc1cccc([N+](=O)[O-])c1)c1csc(N)n1. The van der Waals surface area contributed by atoms with Gasteiger partial charge in [-0.25, -0.2) is 9.55 Å². The molecule has 1 atom stereocenters. The Labute approximate surface area is 156 Å². The van der Waals surface area contributed by atoms with Gasteiger partial charge in [0.05, 0.1) is 11.0 Å². The molecule has 0 saturated carbocycles. The Morgan fingerprint density at radius 2 is 2.30 bits per heavy atom. The van der Waals surface area contributed by atoms with Crippen molar-refractivity contribution >= 4 is 41.4 Å². The normalized spacial score (nSPS) is 13.5. The Morgan fingerprint density at radius 3 is 2.89 bits per heavy atom. The van der Waals surface area contributed by atoms with E-state index < -0.39 is 24.7 Å². The van der Waals surface area contributed by atoms with Crippen LogP contribution in [0.5, 0.6) is 5.75 Å². The van der Waals surface area contributed by atoms with E-state index in [1.54, 1.807) is 0 Å². The second-order valence-electron chi connectivity index (χ2n) is 4.84. The number of hydrogen-bond donors (Lipinski definition) is 3. The first kappa shape index (κ1) is 20.3. The van der Waals surface area contributed by atoms with Crippen LogP contribution in [-0.4, -0.2) is 39.8 Å². The van der Waals surface area contributed by atoms with E-state index in [0.717, 1.165) is 17.4 Å². The first-order valence-corrected chi connectivity index (χ1v) is 9.72. The van der Waals surface area contributed by atoms with Crippen LogP contribution in [0.4, 0.5) is 10.8 Å². The van der Waals surface area contributed by atoms with Gasteiger partial charge in [0.25, 0.3) is 11.6 Å². The highest BCUT2D eigenvalue weighted by Crippen LogP contribution is 2.41. The molecule has 0 fully saturated rings. The molecule has 0 saturated heterocycles. The number of carbonyl (C=O) groups excluding carboxylic acids is 1. The van der Waals surface area contributed by atoms with Gasteiger partial charge in [-0.3, -0.25) is 14.9 Å². The lowest BCUT2D eigenvalue weighted by atomic mass is 10.3. The van der Waals surface area contributed by atoms with Crippen LogP contribution in [-0.2, 0) is 14.2 Å². The Morgan fingerprint density at radius 1 is 1.56 bits per heavy atom. The van der Waals surface area contributed by atoms with Gasteiger partial charge in [-0.05, 0) is 6.07 Å². The number of amides is 1. The summed E-state index contributed by atoms with van der Waals surface area (Å²) in [5.74, 6) is -1.04. The van der Waals surface area contributed by atoms with Gasteiger partial charge < -0.3 is 25.3 Å². The van der Waals surface area contributed by atoms with E-state index in [1.807, 2.05) is 0 Å². The first-order chi connectivity index (χ1) is 12.7. The highest BCUT2D eigenvalue weighted by Gasteiger charge is 2.26. The summed E-state index contributed by atoms with van der Waals surface area (Å²) in [5, 5.41) is 18.1. The number of oxime groups is 1. The lowest BCUT2D eigenvalue weighted by Crippen LogP contribution is -2.33. The van der Waals surface area contributed by atoms with Crippen LogP contribution in [0, 0.1) is 10.1 Å². The number of aromatic nitrogens is 1. The number of hydrogen-bond acceptors (Lipinski definition) is 10. The third kappa shape index (κ3) is 5.74. The summed E-state index contributed by atoms with van der Waals surface area (Å²) >= 11 is 1.07. The lowest BCUT2D eigenvalue weighted by Gasteiger charge is -2.14. The quantitative estimate of drug-likeness (QED) is 0.248. The van der Waals surface area contributed by atoms with E-state index >= 15 is 0 Å². The molecular formula is C13H14N5O7PS. The third-order valence-electron chi connectivity index (χ3n) is 2.88. The van der Waals surface area contributed by atoms with Crippen LogP contribution in [0.2, 0.25) is 0 Å². The van der Waals surface area contributed by atoms with E-state index in [-0.39, 0.29) is 28.0 Å². The monoisotopic (exact) mass is 415 g/mol. The van der Waals surface area contributed by atoms with Gasteiger partial charge in [0, 0.05) is 11.4 Å². The Bertz CT molecular complexity index is 931. The molecule has 1 amide bonds. The van der Waals surface area contributed by atoms with Crippen molar-refractivity contribution in [2.75, 3.05) is 19.1 Å². The molecule has 4 N–H and O–H groups in total. The predicted octanol–water partition coefficient (Wildman–Crippen LogP) is 1.32. The van der Waals surface area contributed by atoms with Crippen LogP contribution in [0.15, 0.2) is 34.8 Å². The molecule has 1 heterocycles. The fourth-order valence-electron chi connectivity index (χ4n) is 1.80. The molecule has 14 heteroatoms. The summed E-state index contributed by atoms with van der Waals surface area (Å²) in [6.07, 6.45) is -0.781. The number of nitro groups is 1. The minimum absolute atomic E-state index is 0.129. The van der Waals surface area contributed by atoms with Gasteiger partial charge in [0.15, 0.2) is 10.8 Å². The number of benzene rings is 1. The lowest BCUT2D eigenvalue weighted by molar-refractivity contribution is -0.384. The van der Waals surface area contributed by atoms with Crippen LogP contribution >= 0.6 is 18.9 Å². The highest BCUT2D eigenvalue weighted by atomic mass is 32.1. The van der Waals surface area contributed by atoms with Crippen molar-refractivity contribution in [1.82, 2.24) is 10.3 Å². The van der Waals surface area contributed by atoms with Crippen LogP contribution in [0.1, 0.15) is 5.69 Å². The van der Waals surface area contributed by atoms with Gasteiger partial charge in [-0.2, -0.15) is 0 Å². The number of nitrogens with zero attached hydrogens (tertiary/aromatic N) is 3. The third-order valence-corrected chi connectivity index (χ3v) is 4.61. The number of nitrogens with one attached hydrogen (secondary N) is 1. The molecule has 0 spiro atoms. The van der Waals surface area contributed by atoms with Crippen LogP contribution < -0.4 is 15.6 Å². The molecule has 0 aliphatic carbocycles. The summed E-state index contributed by atoms with van der Waals surface area (Å²) in [7, 11) is -3.14. The van der Waals surface area contributed by atoms with Gasteiger partial charge in [0.1, 0.15) is 24.8 Å². The fourth-order valence-corrected chi connectivity index (χ4v) is 3.20. The average Bonchev–Trinajstić information content (AvgIpc) is 3.03. The van der Waals surface area contributed by atoms with Crippen molar-refractivity contribution in [3.8, 4) is 5.75 Å². The smallest absolute Gasteiger partial charge is 0.395 e. The van der Waals surface area contributed by atoms with Gasteiger partial charge in [-0.15, -0.1) is 11.3 Å². The van der Waals surface area contributed by atoms with Crippen molar-refractivity contribution in [2.24, 2.45) is 5.16 Å². The second kappa shape index (κ2) is 8.58. The molecule has 2 rings (SSSR count). The maximum Gasteiger partial charge on any atom is 0.395 e. The number of nitro benzene ring substituents is 1. The van der Waals surface area contributed by atoms with Crippen molar-refractivity contribution in [3.63, 3.8) is 0 Å². The minimum Gasteiger partial charge on any atom is -0.423 e. The molecule has 1 aromatic carbocycles. The molecule has 1 unspecified atom stereocenters. The fraction of sp³-hybridized carbons (Fsp3) is 0.154. The Kier molecular flexibility index (Phi) is 6.45. The van der Waals surface area contributed by atoms with Crippen LogP contribution in [0.3, 0.4) is 0 Å². The standard InChI is InChI=1S/C13H14N5O7PS/c1-24-17-11(10-6-27-13(14)16-10)12(19)15-7-26(22,23)25-9-4-2-3-8(5-9)18(20)21/h2-6H,7H2,1H3,(H2,14,16)(H,15,19)(H,22,23)/b17-11-. The van der Waals surface area contributed by atoms with Gasteiger partial charge in [0.2, 0.25) is 0 Å². The summed E-state index contributed by atoms with van der Waals surface area (Å²) in [4.78, 5) is 40.6. The largest absolute Gasteiger partial charge is 0.423 e. The minimum atomic E-state index is -4.36. The van der Waals surface area contributed by atoms with Crippen LogP contribution in [0.25, 0.3) is 0 Å². The van der Waals surface area contributed by atoms with E-state index in [1.165, 1.54) is 30.7 Å².